The van der Waals surface area contributed by atoms with Gasteiger partial charge in [0.25, 0.3) is 0 Å². The van der Waals surface area contributed by atoms with Crippen LogP contribution in [-0.2, 0) is 11.8 Å². The minimum absolute atomic E-state index is 0.374. The van der Waals surface area contributed by atoms with Crippen molar-refractivity contribution in [1.82, 2.24) is 5.32 Å². The lowest BCUT2D eigenvalue weighted by molar-refractivity contribution is 0.274. The Kier molecular flexibility index (Phi) is 4.45. The zero-order chi connectivity index (χ0) is 13.0. The largest absolute Gasteiger partial charge is 0.319 e. The number of benzene rings is 1. The summed E-state index contributed by atoms with van der Waals surface area (Å²) in [6, 6.07) is 9.10. The monoisotopic (exact) mass is 245 g/mol. The normalized spacial score (nSPS) is 24.6. The smallest absolute Gasteiger partial charge is 0.00830 e. The number of aryl methyl sites for hydroxylation is 1. The zero-order valence-electron chi connectivity index (χ0n) is 12.1. The molecule has 100 valence electrons. The molecule has 0 heterocycles. The molecule has 0 amide bonds. The first-order chi connectivity index (χ1) is 8.72. The lowest BCUT2D eigenvalue weighted by Gasteiger charge is -2.41. The van der Waals surface area contributed by atoms with Gasteiger partial charge in [0.1, 0.15) is 0 Å². The summed E-state index contributed by atoms with van der Waals surface area (Å²) in [6.07, 6.45) is 6.56. The van der Waals surface area contributed by atoms with Crippen molar-refractivity contribution >= 4 is 0 Å². The second-order valence-electron chi connectivity index (χ2n) is 6.04. The van der Waals surface area contributed by atoms with Gasteiger partial charge >= 0.3 is 0 Å². The molecule has 1 aromatic carbocycles. The van der Waals surface area contributed by atoms with Gasteiger partial charge in [-0.15, -0.1) is 0 Å². The third kappa shape index (κ3) is 2.61. The molecule has 1 aliphatic carbocycles. The van der Waals surface area contributed by atoms with Crippen LogP contribution in [0.15, 0.2) is 24.3 Å². The number of likely N-dealkylation sites (N-methyl/N-ethyl adjacent to an activating group) is 1. The third-order valence-corrected chi connectivity index (χ3v) is 4.64. The Morgan fingerprint density at radius 1 is 1.33 bits per heavy atom. The fraction of sp³-hybridized carbons (Fsp3) is 0.647. The Labute approximate surface area is 112 Å². The molecule has 2 rings (SSSR count). The highest BCUT2D eigenvalue weighted by atomic mass is 14.8. The molecule has 0 fully saturated rings. The molecular formula is C17H27N. The molecule has 0 spiro atoms. The van der Waals surface area contributed by atoms with Gasteiger partial charge in [0, 0.05) is 12.0 Å². The van der Waals surface area contributed by atoms with Crippen LogP contribution in [0.5, 0.6) is 0 Å². The third-order valence-electron chi connectivity index (χ3n) is 4.64. The van der Waals surface area contributed by atoms with Crippen molar-refractivity contribution in [3.05, 3.63) is 35.4 Å². The molecule has 0 aliphatic heterocycles. The van der Waals surface area contributed by atoms with E-state index in [0.29, 0.717) is 5.41 Å². The summed E-state index contributed by atoms with van der Waals surface area (Å²) < 4.78 is 0. The second-order valence-corrected chi connectivity index (χ2v) is 6.04. The molecule has 0 bridgehead atoms. The quantitative estimate of drug-likeness (QED) is 0.829. The zero-order valence-corrected chi connectivity index (χ0v) is 12.1. The first-order valence-corrected chi connectivity index (χ1v) is 7.45. The maximum atomic E-state index is 3.45. The van der Waals surface area contributed by atoms with Gasteiger partial charge in [-0.25, -0.2) is 0 Å². The summed E-state index contributed by atoms with van der Waals surface area (Å²) in [4.78, 5) is 0. The Morgan fingerprint density at radius 2 is 2.11 bits per heavy atom. The summed E-state index contributed by atoms with van der Waals surface area (Å²) in [6.45, 7) is 5.83. The molecular weight excluding hydrogens is 218 g/mol. The van der Waals surface area contributed by atoms with E-state index in [1.807, 2.05) is 0 Å². The van der Waals surface area contributed by atoms with Crippen LogP contribution in [0, 0.1) is 5.92 Å². The highest BCUT2D eigenvalue weighted by Gasteiger charge is 2.36. The Hall–Kier alpha value is -0.820. The molecule has 18 heavy (non-hydrogen) atoms. The first kappa shape index (κ1) is 13.6. The maximum Gasteiger partial charge on any atom is 0.00830 e. The number of rotatable bonds is 5. The van der Waals surface area contributed by atoms with Gasteiger partial charge in [0.2, 0.25) is 0 Å². The van der Waals surface area contributed by atoms with Crippen molar-refractivity contribution in [3.8, 4) is 0 Å². The van der Waals surface area contributed by atoms with Crippen molar-refractivity contribution in [2.75, 3.05) is 13.6 Å². The van der Waals surface area contributed by atoms with E-state index in [1.54, 1.807) is 11.1 Å². The average molecular weight is 245 g/mol. The summed E-state index contributed by atoms with van der Waals surface area (Å²) >= 11 is 0. The van der Waals surface area contributed by atoms with Gasteiger partial charge in [-0.1, -0.05) is 44.5 Å². The van der Waals surface area contributed by atoms with Crippen LogP contribution in [0.2, 0.25) is 0 Å². The number of hydrogen-bond acceptors (Lipinski definition) is 1. The van der Waals surface area contributed by atoms with E-state index in [9.17, 15) is 0 Å². The Balaban J connectivity index is 2.35. The van der Waals surface area contributed by atoms with E-state index in [-0.39, 0.29) is 0 Å². The van der Waals surface area contributed by atoms with Crippen molar-refractivity contribution < 1.29 is 0 Å². The van der Waals surface area contributed by atoms with Crippen molar-refractivity contribution in [1.29, 1.82) is 0 Å². The fourth-order valence-corrected chi connectivity index (χ4v) is 3.63. The van der Waals surface area contributed by atoms with Crippen LogP contribution in [0.25, 0.3) is 0 Å². The highest BCUT2D eigenvalue weighted by Crippen LogP contribution is 2.42. The van der Waals surface area contributed by atoms with E-state index in [2.05, 4.69) is 50.5 Å². The standard InChI is InChI=1S/C17H27N/c1-4-14(2)12-17(13-18-3)11-7-9-15-8-5-6-10-16(15)17/h5-6,8,10,14,18H,4,7,9,11-13H2,1-3H3. The van der Waals surface area contributed by atoms with Gasteiger partial charge in [-0.05, 0) is 49.8 Å². The summed E-state index contributed by atoms with van der Waals surface area (Å²) in [5, 5.41) is 3.45. The van der Waals surface area contributed by atoms with Crippen LogP contribution >= 0.6 is 0 Å². The predicted molar refractivity (Wildman–Crippen MR) is 79.1 cm³/mol. The average Bonchev–Trinajstić information content (AvgIpc) is 2.39. The van der Waals surface area contributed by atoms with E-state index in [4.69, 9.17) is 0 Å². The van der Waals surface area contributed by atoms with Crippen LogP contribution in [0.4, 0.5) is 0 Å². The lowest BCUT2D eigenvalue weighted by Crippen LogP contribution is -2.41. The molecule has 1 heteroatoms. The van der Waals surface area contributed by atoms with Crippen LogP contribution in [-0.4, -0.2) is 13.6 Å². The molecule has 0 radical (unpaired) electrons. The van der Waals surface area contributed by atoms with Gasteiger partial charge in [-0.3, -0.25) is 0 Å². The SMILES string of the molecule is CCC(C)CC1(CNC)CCCc2ccccc21. The van der Waals surface area contributed by atoms with Gasteiger partial charge in [-0.2, -0.15) is 0 Å². The van der Waals surface area contributed by atoms with Crippen LogP contribution in [0.3, 0.4) is 0 Å². The summed E-state index contributed by atoms with van der Waals surface area (Å²) in [5.74, 6) is 0.810. The van der Waals surface area contributed by atoms with Gasteiger partial charge in [0.15, 0.2) is 0 Å². The molecule has 0 saturated heterocycles. The summed E-state index contributed by atoms with van der Waals surface area (Å²) in [7, 11) is 2.09. The maximum absolute atomic E-state index is 3.45. The van der Waals surface area contributed by atoms with Crippen molar-refractivity contribution in [2.24, 2.45) is 5.92 Å². The van der Waals surface area contributed by atoms with Gasteiger partial charge < -0.3 is 5.32 Å². The minimum atomic E-state index is 0.374. The van der Waals surface area contributed by atoms with Crippen LogP contribution < -0.4 is 5.32 Å². The second kappa shape index (κ2) is 5.88. The Morgan fingerprint density at radius 3 is 2.83 bits per heavy atom. The van der Waals surface area contributed by atoms with Crippen molar-refractivity contribution in [3.63, 3.8) is 0 Å². The van der Waals surface area contributed by atoms with Crippen LogP contribution in [0.1, 0.15) is 50.7 Å². The Bertz CT molecular complexity index is 385. The lowest BCUT2D eigenvalue weighted by atomic mass is 9.65. The number of fused-ring (bicyclic) bond motifs is 1. The number of nitrogens with one attached hydrogen (secondary N) is 1. The molecule has 1 aliphatic rings. The summed E-state index contributed by atoms with van der Waals surface area (Å²) in [5.41, 5.74) is 3.58. The van der Waals surface area contributed by atoms with E-state index in [1.165, 1.54) is 32.1 Å². The van der Waals surface area contributed by atoms with Gasteiger partial charge in [0.05, 0.1) is 0 Å². The first-order valence-electron chi connectivity index (χ1n) is 7.45. The molecule has 0 aromatic heterocycles. The molecule has 1 nitrogen and oxygen atoms in total. The fourth-order valence-electron chi connectivity index (χ4n) is 3.63. The van der Waals surface area contributed by atoms with E-state index in [0.717, 1.165) is 12.5 Å². The molecule has 2 atom stereocenters. The molecule has 0 saturated carbocycles. The minimum Gasteiger partial charge on any atom is -0.319 e. The van der Waals surface area contributed by atoms with E-state index >= 15 is 0 Å². The van der Waals surface area contributed by atoms with Crippen molar-refractivity contribution in [2.45, 2.75) is 51.4 Å². The predicted octanol–water partition coefficient (Wildman–Crippen LogP) is 3.92. The molecule has 1 N–H and O–H groups in total. The van der Waals surface area contributed by atoms with E-state index < -0.39 is 0 Å². The topological polar surface area (TPSA) is 12.0 Å². The molecule has 2 unspecified atom stereocenters. The number of hydrogen-bond donors (Lipinski definition) is 1. The molecule has 1 aromatic rings. The highest BCUT2D eigenvalue weighted by molar-refractivity contribution is 5.37.